The maximum Gasteiger partial charge on any atom is 0.433 e. The van der Waals surface area contributed by atoms with E-state index in [-0.39, 0.29) is 28.4 Å². The number of anilines is 2. The Balaban J connectivity index is 1.62. The van der Waals surface area contributed by atoms with E-state index in [9.17, 15) is 26.4 Å². The van der Waals surface area contributed by atoms with Crippen molar-refractivity contribution < 1.29 is 26.4 Å². The number of hydrogen-bond donors (Lipinski definition) is 2. The molecule has 9 nitrogen and oxygen atoms in total. The Morgan fingerprint density at radius 1 is 0.930 bits per heavy atom. The summed E-state index contributed by atoms with van der Waals surface area (Å²) in [5.74, 6) is -0.212. The van der Waals surface area contributed by atoms with Gasteiger partial charge in [-0.3, -0.25) is 4.79 Å². The molecule has 4 bridgehead atoms. The largest absolute Gasteiger partial charge is 0.433 e. The van der Waals surface area contributed by atoms with E-state index in [0.717, 1.165) is 18.2 Å². The molecule has 1 fully saturated rings. The van der Waals surface area contributed by atoms with Gasteiger partial charge in [0.1, 0.15) is 17.3 Å². The molecule has 0 spiro atoms. The van der Waals surface area contributed by atoms with Gasteiger partial charge in [0.05, 0.1) is 17.3 Å². The Hall–Kier alpha value is -3.74. The van der Waals surface area contributed by atoms with Gasteiger partial charge in [-0.05, 0) is 75.4 Å². The average molecular weight is 617 g/mol. The van der Waals surface area contributed by atoms with Crippen molar-refractivity contribution in [2.24, 2.45) is 5.92 Å². The number of sulfonamides is 1. The van der Waals surface area contributed by atoms with E-state index >= 15 is 0 Å². The van der Waals surface area contributed by atoms with Gasteiger partial charge in [-0.1, -0.05) is 32.9 Å². The summed E-state index contributed by atoms with van der Waals surface area (Å²) in [5.41, 5.74) is -0.756. The Labute approximate surface area is 249 Å². The molecule has 3 aromatic heterocycles. The molecule has 3 aromatic rings. The molecule has 2 aliphatic heterocycles. The molecule has 0 saturated carbocycles. The third kappa shape index (κ3) is 6.46. The number of aromatic nitrogens is 3. The number of halogens is 3. The van der Waals surface area contributed by atoms with Crippen molar-refractivity contribution in [1.82, 2.24) is 19.7 Å². The minimum atomic E-state index is -4.62. The molecule has 2 N–H and O–H groups in total. The van der Waals surface area contributed by atoms with Gasteiger partial charge in [-0.15, -0.1) is 0 Å². The lowest BCUT2D eigenvalue weighted by Crippen LogP contribution is -2.41. The molecule has 43 heavy (non-hydrogen) atoms. The predicted octanol–water partition coefficient (Wildman–Crippen LogP) is 5.86. The number of pyridine rings is 3. The van der Waals surface area contributed by atoms with Crippen molar-refractivity contribution >= 4 is 27.6 Å². The fourth-order valence-corrected chi connectivity index (χ4v) is 6.69. The number of nitrogens with zero attached hydrogens (tertiary/aromatic N) is 4. The van der Waals surface area contributed by atoms with Crippen LogP contribution < -0.4 is 14.9 Å². The molecule has 2 aliphatic rings. The first-order valence-electron chi connectivity index (χ1n) is 14.1. The smallest absolute Gasteiger partial charge is 0.362 e. The number of rotatable bonds is 1. The zero-order chi connectivity index (χ0) is 31.4. The van der Waals surface area contributed by atoms with E-state index in [1.807, 2.05) is 39.5 Å². The van der Waals surface area contributed by atoms with Crippen molar-refractivity contribution in [3.8, 4) is 0 Å². The molecule has 1 amide bonds. The first kappa shape index (κ1) is 30.7. The number of amides is 1. The molecular formula is C30H35F3N6O3S. The Morgan fingerprint density at radius 3 is 2.35 bits per heavy atom. The number of alkyl halides is 3. The second kappa shape index (κ2) is 10.8. The Kier molecular flexibility index (Phi) is 7.68. The highest BCUT2D eigenvalue weighted by molar-refractivity contribution is 7.90. The predicted molar refractivity (Wildman–Crippen MR) is 156 cm³/mol. The third-order valence-electron chi connectivity index (χ3n) is 7.93. The van der Waals surface area contributed by atoms with E-state index in [0.29, 0.717) is 25.2 Å². The topological polar surface area (TPSA) is 117 Å². The van der Waals surface area contributed by atoms with Gasteiger partial charge in [-0.2, -0.15) is 21.6 Å². The molecular weight excluding hydrogens is 581 g/mol. The van der Waals surface area contributed by atoms with Crippen molar-refractivity contribution in [3.63, 3.8) is 0 Å². The summed E-state index contributed by atoms with van der Waals surface area (Å²) in [7, 11) is -4.42. The summed E-state index contributed by atoms with van der Waals surface area (Å²) in [6, 6.07) is 10.6. The molecule has 1 saturated heterocycles. The lowest BCUT2D eigenvalue weighted by atomic mass is 9.90. The Bertz CT molecular complexity index is 1650. The maximum atomic E-state index is 13.6. The highest BCUT2D eigenvalue weighted by atomic mass is 32.2. The number of nitrogens with one attached hydrogen (secondary N) is 2. The number of carbonyl (C=O) groups is 1. The van der Waals surface area contributed by atoms with Gasteiger partial charge in [-0.25, -0.2) is 19.7 Å². The molecule has 0 radical (unpaired) electrons. The van der Waals surface area contributed by atoms with Crippen molar-refractivity contribution in [2.45, 2.75) is 82.1 Å². The third-order valence-corrected chi connectivity index (χ3v) is 9.17. The summed E-state index contributed by atoms with van der Waals surface area (Å²) in [4.78, 5) is 28.6. The summed E-state index contributed by atoms with van der Waals surface area (Å²) < 4.78 is 69.4. The molecule has 5 rings (SSSR count). The average Bonchev–Trinajstić information content (AvgIpc) is 3.23. The van der Waals surface area contributed by atoms with Crippen LogP contribution in [0.3, 0.4) is 0 Å². The van der Waals surface area contributed by atoms with Crippen LogP contribution in [-0.4, -0.2) is 41.4 Å². The van der Waals surface area contributed by atoms with E-state index in [1.165, 1.54) is 30.3 Å². The van der Waals surface area contributed by atoms with Gasteiger partial charge in [0.15, 0.2) is 5.03 Å². The van der Waals surface area contributed by atoms with Gasteiger partial charge in [0.25, 0.3) is 15.9 Å². The zero-order valence-electron chi connectivity index (χ0n) is 24.7. The fraction of sp³-hybridized carbons (Fsp3) is 0.467. The highest BCUT2D eigenvalue weighted by Gasteiger charge is 2.42. The van der Waals surface area contributed by atoms with Crippen LogP contribution >= 0.6 is 0 Å². The molecule has 5 heterocycles. The first-order chi connectivity index (χ1) is 19.9. The minimum Gasteiger partial charge on any atom is -0.362 e. The molecule has 13 heteroatoms. The second-order valence-corrected chi connectivity index (χ2v) is 14.5. The number of fused-ring (bicyclic) bond motifs is 6. The molecule has 0 aliphatic carbocycles. The van der Waals surface area contributed by atoms with Crippen LogP contribution in [-0.2, 0) is 21.6 Å². The molecule has 230 valence electrons. The van der Waals surface area contributed by atoms with E-state index in [4.69, 9.17) is 4.98 Å². The van der Waals surface area contributed by atoms with Crippen LogP contribution in [0.25, 0.3) is 0 Å². The van der Waals surface area contributed by atoms with Gasteiger partial charge < -0.3 is 10.2 Å². The zero-order valence-corrected chi connectivity index (χ0v) is 25.5. The van der Waals surface area contributed by atoms with E-state index < -0.39 is 44.4 Å². The number of carbonyl (C=O) groups excluding carboxylic acids is 1. The fourth-order valence-electron chi connectivity index (χ4n) is 5.75. The quantitative estimate of drug-likeness (QED) is 0.349. The van der Waals surface area contributed by atoms with Crippen LogP contribution in [0.1, 0.15) is 87.4 Å². The lowest BCUT2D eigenvalue weighted by Gasteiger charge is -2.34. The summed E-state index contributed by atoms with van der Waals surface area (Å²) in [6.07, 6.45) is -2.87. The summed E-state index contributed by atoms with van der Waals surface area (Å²) in [6.45, 7) is 10.6. The second-order valence-electron chi connectivity index (χ2n) is 12.8. The van der Waals surface area contributed by atoms with Crippen LogP contribution in [0.15, 0.2) is 53.6 Å². The monoisotopic (exact) mass is 616 g/mol. The Morgan fingerprint density at radius 2 is 1.65 bits per heavy atom. The molecule has 0 unspecified atom stereocenters. The lowest BCUT2D eigenvalue weighted by molar-refractivity contribution is -0.141. The molecule has 0 aromatic carbocycles. The highest BCUT2D eigenvalue weighted by Crippen LogP contribution is 2.41. The van der Waals surface area contributed by atoms with Crippen LogP contribution in [0.4, 0.5) is 24.8 Å². The van der Waals surface area contributed by atoms with Crippen LogP contribution in [0.2, 0.25) is 0 Å². The number of hydrogen-bond acceptors (Lipinski definition) is 8. The van der Waals surface area contributed by atoms with Crippen LogP contribution in [0.5, 0.6) is 0 Å². The summed E-state index contributed by atoms with van der Waals surface area (Å²) in [5, 5.41) is 2.69. The summed E-state index contributed by atoms with van der Waals surface area (Å²) >= 11 is 0. The first-order valence-corrected chi connectivity index (χ1v) is 15.6. The van der Waals surface area contributed by atoms with E-state index in [2.05, 4.69) is 20.0 Å². The standard InChI is InChI=1S/C30H35F3N6O3S/c1-28(2,3)22-15-13-19-26(36-22)39-17-18(16-29(39,4)5)12-14-21(20-8-6-9-23(34-20)30(31,32)33)35-24-10-7-11-25(37-24)43(41,42)38-27(19)40/h6-11,13,15,18,21H,12,14,16-17H2,1-5H3,(H,35,37)(H,38,40)/t18-,21+/m0/s1. The van der Waals surface area contributed by atoms with Crippen molar-refractivity contribution in [3.05, 3.63) is 71.2 Å². The van der Waals surface area contributed by atoms with Crippen molar-refractivity contribution in [2.75, 3.05) is 16.8 Å². The van der Waals surface area contributed by atoms with E-state index in [1.54, 1.807) is 12.1 Å². The van der Waals surface area contributed by atoms with Gasteiger partial charge in [0.2, 0.25) is 0 Å². The van der Waals surface area contributed by atoms with Gasteiger partial charge in [0, 0.05) is 23.2 Å². The maximum absolute atomic E-state index is 13.6. The normalized spacial score (nSPS) is 22.0. The molecule has 2 atom stereocenters. The van der Waals surface area contributed by atoms with Crippen molar-refractivity contribution in [1.29, 1.82) is 0 Å². The minimum absolute atomic E-state index is 0.106. The van der Waals surface area contributed by atoms with Crippen LogP contribution in [0, 0.1) is 5.92 Å². The van der Waals surface area contributed by atoms with Gasteiger partial charge >= 0.3 is 6.18 Å². The SMILES string of the molecule is CC(C)(C)c1ccc2c(n1)N1C[C@@H](CC[C@H](c3cccc(C(F)(F)F)n3)Nc3cccc(n3)S(=O)(=O)NC2=O)CC1(C)C.